The van der Waals surface area contributed by atoms with Gasteiger partial charge in [0.1, 0.15) is 0 Å². The fourth-order valence-corrected chi connectivity index (χ4v) is 2.91. The molecule has 0 N–H and O–H groups in total. The van der Waals surface area contributed by atoms with Crippen molar-refractivity contribution in [3.63, 3.8) is 0 Å². The average Bonchev–Trinajstić information content (AvgIpc) is 2.75. The van der Waals surface area contributed by atoms with Crippen LogP contribution in [0.1, 0.15) is 30.4 Å². The third-order valence-corrected chi connectivity index (χ3v) is 3.69. The van der Waals surface area contributed by atoms with Gasteiger partial charge in [-0.1, -0.05) is 12.1 Å². The maximum atomic E-state index is 11.1. The first kappa shape index (κ1) is 11.6. The van der Waals surface area contributed by atoms with Crippen molar-refractivity contribution in [1.82, 2.24) is 0 Å². The molecule has 0 aromatic heterocycles. The van der Waals surface area contributed by atoms with Gasteiger partial charge < -0.3 is 9.47 Å². The van der Waals surface area contributed by atoms with Crippen LogP contribution in [0.5, 0.6) is 0 Å². The van der Waals surface area contributed by atoms with Gasteiger partial charge in [-0.3, -0.25) is 10.1 Å². The topological polar surface area (TPSA) is 61.6 Å². The van der Waals surface area contributed by atoms with E-state index < -0.39 is 5.79 Å². The molecule has 0 atom stereocenters. The SMILES string of the molecule is O=[N+]([O-])c1cccc2c1CCCCC21OCCO1. The number of nitro groups is 1. The molecule has 96 valence electrons. The number of benzene rings is 1. The second-order valence-corrected chi connectivity index (χ2v) is 4.72. The molecular weight excluding hydrogens is 234 g/mol. The first-order valence-corrected chi connectivity index (χ1v) is 6.28. The zero-order valence-electron chi connectivity index (χ0n) is 10.1. The molecule has 0 unspecified atom stereocenters. The predicted octanol–water partition coefficient (Wildman–Crippen LogP) is 2.52. The number of rotatable bonds is 1. The van der Waals surface area contributed by atoms with Crippen molar-refractivity contribution >= 4 is 5.69 Å². The first-order chi connectivity index (χ1) is 8.73. The van der Waals surface area contributed by atoms with Gasteiger partial charge in [0, 0.05) is 23.6 Å². The molecule has 1 saturated heterocycles. The molecule has 1 aromatic carbocycles. The molecule has 1 spiro atoms. The van der Waals surface area contributed by atoms with Crippen LogP contribution in [0, 0.1) is 10.1 Å². The molecule has 1 aromatic rings. The monoisotopic (exact) mass is 249 g/mol. The zero-order chi connectivity index (χ0) is 12.6. The van der Waals surface area contributed by atoms with Crippen molar-refractivity contribution in [3.8, 4) is 0 Å². The van der Waals surface area contributed by atoms with Crippen LogP contribution < -0.4 is 0 Å². The van der Waals surface area contributed by atoms with Crippen LogP contribution in [0.15, 0.2) is 18.2 Å². The lowest BCUT2D eigenvalue weighted by molar-refractivity contribution is -0.385. The summed E-state index contributed by atoms with van der Waals surface area (Å²) in [6, 6.07) is 5.18. The summed E-state index contributed by atoms with van der Waals surface area (Å²) in [4.78, 5) is 10.8. The van der Waals surface area contributed by atoms with E-state index >= 15 is 0 Å². The van der Waals surface area contributed by atoms with Gasteiger partial charge in [-0.05, 0) is 19.3 Å². The summed E-state index contributed by atoms with van der Waals surface area (Å²) < 4.78 is 11.6. The summed E-state index contributed by atoms with van der Waals surface area (Å²) in [5.74, 6) is -0.738. The molecule has 0 radical (unpaired) electrons. The van der Waals surface area contributed by atoms with Crippen LogP contribution in [-0.2, 0) is 21.7 Å². The van der Waals surface area contributed by atoms with E-state index in [2.05, 4.69) is 0 Å². The highest BCUT2D eigenvalue weighted by Gasteiger charge is 2.42. The molecule has 1 aliphatic carbocycles. The zero-order valence-corrected chi connectivity index (χ0v) is 10.1. The Morgan fingerprint density at radius 2 is 2.00 bits per heavy atom. The van der Waals surface area contributed by atoms with E-state index in [9.17, 15) is 10.1 Å². The Balaban J connectivity index is 2.16. The van der Waals surface area contributed by atoms with Crippen molar-refractivity contribution in [2.45, 2.75) is 31.5 Å². The van der Waals surface area contributed by atoms with Crippen molar-refractivity contribution in [2.24, 2.45) is 0 Å². The number of nitrogens with zero attached hydrogens (tertiary/aromatic N) is 1. The molecule has 0 amide bonds. The first-order valence-electron chi connectivity index (χ1n) is 6.28. The second-order valence-electron chi connectivity index (χ2n) is 4.72. The normalized spacial score (nSPS) is 21.6. The Hall–Kier alpha value is -1.46. The van der Waals surface area contributed by atoms with Gasteiger partial charge in [0.25, 0.3) is 5.69 Å². The molecule has 2 aliphatic rings. The number of fused-ring (bicyclic) bond motifs is 2. The van der Waals surface area contributed by atoms with Crippen LogP contribution in [0.2, 0.25) is 0 Å². The minimum absolute atomic E-state index is 0.188. The van der Waals surface area contributed by atoms with E-state index in [0.717, 1.165) is 36.8 Å². The van der Waals surface area contributed by atoms with Crippen molar-refractivity contribution < 1.29 is 14.4 Å². The molecule has 1 heterocycles. The summed E-state index contributed by atoms with van der Waals surface area (Å²) in [6.07, 6.45) is 3.40. The van der Waals surface area contributed by atoms with Gasteiger partial charge in [-0.15, -0.1) is 0 Å². The maximum absolute atomic E-state index is 11.1. The lowest BCUT2D eigenvalue weighted by Gasteiger charge is -2.27. The van der Waals surface area contributed by atoms with Gasteiger partial charge >= 0.3 is 0 Å². The summed E-state index contributed by atoms with van der Waals surface area (Å²) in [6.45, 7) is 1.12. The fraction of sp³-hybridized carbons (Fsp3) is 0.538. The van der Waals surface area contributed by atoms with Crippen molar-refractivity contribution in [2.75, 3.05) is 13.2 Å². The molecule has 1 aliphatic heterocycles. The van der Waals surface area contributed by atoms with Gasteiger partial charge in [-0.2, -0.15) is 0 Å². The Morgan fingerprint density at radius 3 is 2.72 bits per heavy atom. The second kappa shape index (κ2) is 4.33. The Morgan fingerprint density at radius 1 is 1.22 bits per heavy atom. The molecule has 1 fully saturated rings. The minimum atomic E-state index is -0.738. The summed E-state index contributed by atoms with van der Waals surface area (Å²) >= 11 is 0. The highest BCUT2D eigenvalue weighted by atomic mass is 16.7. The Labute approximate surface area is 105 Å². The molecular formula is C13H15NO4. The number of ether oxygens (including phenoxy) is 2. The highest BCUT2D eigenvalue weighted by molar-refractivity contribution is 5.48. The van der Waals surface area contributed by atoms with Crippen molar-refractivity contribution in [3.05, 3.63) is 39.4 Å². The lowest BCUT2D eigenvalue weighted by Crippen LogP contribution is -2.27. The van der Waals surface area contributed by atoms with Crippen LogP contribution >= 0.6 is 0 Å². The van der Waals surface area contributed by atoms with E-state index in [1.165, 1.54) is 0 Å². The molecule has 5 heteroatoms. The largest absolute Gasteiger partial charge is 0.343 e. The standard InChI is InChI=1S/C13H15NO4/c15-14(16)12-6-3-5-11-10(12)4-1-2-7-13(11)17-8-9-18-13/h3,5-6H,1-2,4,7-9H2. The maximum Gasteiger partial charge on any atom is 0.273 e. The van der Waals surface area contributed by atoms with Crippen molar-refractivity contribution in [1.29, 1.82) is 0 Å². The summed E-state index contributed by atoms with van der Waals surface area (Å²) in [5.41, 5.74) is 1.82. The van der Waals surface area contributed by atoms with E-state index in [0.29, 0.717) is 13.2 Å². The summed E-state index contributed by atoms with van der Waals surface area (Å²) in [5, 5.41) is 11.1. The predicted molar refractivity (Wildman–Crippen MR) is 64.2 cm³/mol. The number of hydrogen-bond acceptors (Lipinski definition) is 4. The number of hydrogen-bond donors (Lipinski definition) is 0. The fourth-order valence-electron chi connectivity index (χ4n) is 2.91. The van der Waals surface area contributed by atoms with Crippen LogP contribution in [0.4, 0.5) is 5.69 Å². The highest BCUT2D eigenvalue weighted by Crippen LogP contribution is 2.43. The van der Waals surface area contributed by atoms with E-state index in [-0.39, 0.29) is 10.6 Å². The third-order valence-electron chi connectivity index (χ3n) is 3.69. The third kappa shape index (κ3) is 1.71. The van der Waals surface area contributed by atoms with Gasteiger partial charge in [0.15, 0.2) is 5.79 Å². The lowest BCUT2D eigenvalue weighted by atomic mass is 9.96. The van der Waals surface area contributed by atoms with Crippen LogP contribution in [0.25, 0.3) is 0 Å². The molecule has 18 heavy (non-hydrogen) atoms. The van der Waals surface area contributed by atoms with E-state index in [1.54, 1.807) is 12.1 Å². The molecule has 0 bridgehead atoms. The quantitative estimate of drug-likeness (QED) is 0.566. The van der Waals surface area contributed by atoms with Crippen LogP contribution in [0.3, 0.4) is 0 Å². The Kier molecular flexibility index (Phi) is 2.80. The van der Waals surface area contributed by atoms with E-state index in [4.69, 9.17) is 9.47 Å². The smallest absolute Gasteiger partial charge is 0.273 e. The van der Waals surface area contributed by atoms with Gasteiger partial charge in [0.2, 0.25) is 0 Å². The molecule has 3 rings (SSSR count). The number of nitro benzene ring substituents is 1. The Bertz CT molecular complexity index is 480. The van der Waals surface area contributed by atoms with Gasteiger partial charge in [-0.25, -0.2) is 0 Å². The molecule has 0 saturated carbocycles. The van der Waals surface area contributed by atoms with Crippen LogP contribution in [-0.4, -0.2) is 18.1 Å². The van der Waals surface area contributed by atoms with E-state index in [1.807, 2.05) is 6.07 Å². The minimum Gasteiger partial charge on any atom is -0.343 e. The van der Waals surface area contributed by atoms with Gasteiger partial charge in [0.05, 0.1) is 18.1 Å². The molecule has 5 nitrogen and oxygen atoms in total. The average molecular weight is 249 g/mol. The summed E-state index contributed by atoms with van der Waals surface area (Å²) in [7, 11) is 0.